The third kappa shape index (κ3) is 3.15. The average molecular weight is 273 g/mol. The van der Waals surface area contributed by atoms with Gasteiger partial charge in [-0.15, -0.1) is 0 Å². The SMILES string of the molecule is Cc1cc(C(=O)O)ccc1N(C)Cc1ccc(F)cc1. The molecule has 0 aliphatic rings. The van der Waals surface area contributed by atoms with Gasteiger partial charge in [0.2, 0.25) is 0 Å². The van der Waals surface area contributed by atoms with Gasteiger partial charge in [-0.05, 0) is 48.4 Å². The fraction of sp³-hybridized carbons (Fsp3) is 0.188. The zero-order valence-electron chi connectivity index (χ0n) is 11.4. The molecule has 20 heavy (non-hydrogen) atoms. The van der Waals surface area contributed by atoms with Crippen LogP contribution in [0.3, 0.4) is 0 Å². The first-order chi connectivity index (χ1) is 9.47. The van der Waals surface area contributed by atoms with E-state index in [2.05, 4.69) is 0 Å². The van der Waals surface area contributed by atoms with Crippen LogP contribution in [-0.4, -0.2) is 18.1 Å². The number of aryl methyl sites for hydroxylation is 1. The van der Waals surface area contributed by atoms with Crippen LogP contribution >= 0.6 is 0 Å². The summed E-state index contributed by atoms with van der Waals surface area (Å²) in [4.78, 5) is 12.9. The summed E-state index contributed by atoms with van der Waals surface area (Å²) < 4.78 is 12.9. The molecule has 104 valence electrons. The fourth-order valence-corrected chi connectivity index (χ4v) is 2.17. The Morgan fingerprint density at radius 3 is 2.40 bits per heavy atom. The van der Waals surface area contributed by atoms with Crippen molar-refractivity contribution in [3.05, 3.63) is 65.0 Å². The summed E-state index contributed by atoms with van der Waals surface area (Å²) in [5.41, 5.74) is 3.13. The summed E-state index contributed by atoms with van der Waals surface area (Å²) in [6.45, 7) is 2.51. The van der Waals surface area contributed by atoms with Crippen LogP contribution in [0.4, 0.5) is 10.1 Å². The number of carboxylic acids is 1. The van der Waals surface area contributed by atoms with Crippen LogP contribution in [0, 0.1) is 12.7 Å². The predicted octanol–water partition coefficient (Wildman–Crippen LogP) is 3.47. The molecule has 0 fully saturated rings. The van der Waals surface area contributed by atoms with Crippen LogP contribution in [0.5, 0.6) is 0 Å². The van der Waals surface area contributed by atoms with Gasteiger partial charge in [0.05, 0.1) is 5.56 Å². The number of rotatable bonds is 4. The molecule has 2 aromatic carbocycles. The lowest BCUT2D eigenvalue weighted by molar-refractivity contribution is 0.0697. The highest BCUT2D eigenvalue weighted by Crippen LogP contribution is 2.22. The highest BCUT2D eigenvalue weighted by atomic mass is 19.1. The highest BCUT2D eigenvalue weighted by molar-refractivity contribution is 5.88. The lowest BCUT2D eigenvalue weighted by Crippen LogP contribution is -2.17. The van der Waals surface area contributed by atoms with Gasteiger partial charge >= 0.3 is 5.97 Å². The maximum absolute atomic E-state index is 12.9. The number of carboxylic acid groups (broad SMARTS) is 1. The van der Waals surface area contributed by atoms with E-state index in [4.69, 9.17) is 5.11 Å². The summed E-state index contributed by atoms with van der Waals surface area (Å²) in [5, 5.41) is 8.95. The van der Waals surface area contributed by atoms with Gasteiger partial charge in [-0.1, -0.05) is 12.1 Å². The first-order valence-electron chi connectivity index (χ1n) is 6.27. The summed E-state index contributed by atoms with van der Waals surface area (Å²) in [6, 6.07) is 11.4. The maximum Gasteiger partial charge on any atom is 0.335 e. The number of aromatic carboxylic acids is 1. The van der Waals surface area contributed by atoms with Crippen molar-refractivity contribution in [2.75, 3.05) is 11.9 Å². The van der Waals surface area contributed by atoms with Crippen molar-refractivity contribution >= 4 is 11.7 Å². The van der Waals surface area contributed by atoms with E-state index < -0.39 is 5.97 Å². The van der Waals surface area contributed by atoms with Crippen LogP contribution in [0.2, 0.25) is 0 Å². The zero-order chi connectivity index (χ0) is 14.7. The number of halogens is 1. The Labute approximate surface area is 117 Å². The van der Waals surface area contributed by atoms with Crippen molar-refractivity contribution in [2.45, 2.75) is 13.5 Å². The molecule has 3 nitrogen and oxygen atoms in total. The van der Waals surface area contributed by atoms with Crippen molar-refractivity contribution in [3.8, 4) is 0 Å². The quantitative estimate of drug-likeness (QED) is 0.927. The molecule has 0 heterocycles. The Balaban J connectivity index is 2.18. The normalized spacial score (nSPS) is 10.3. The molecule has 0 aromatic heterocycles. The van der Waals surface area contributed by atoms with Crippen LogP contribution in [0.1, 0.15) is 21.5 Å². The number of anilines is 1. The molecule has 0 bridgehead atoms. The van der Waals surface area contributed by atoms with E-state index in [1.807, 2.05) is 18.9 Å². The lowest BCUT2D eigenvalue weighted by Gasteiger charge is -2.22. The van der Waals surface area contributed by atoms with E-state index >= 15 is 0 Å². The minimum absolute atomic E-state index is 0.251. The van der Waals surface area contributed by atoms with Crippen LogP contribution in [0.15, 0.2) is 42.5 Å². The third-order valence-corrected chi connectivity index (χ3v) is 3.19. The van der Waals surface area contributed by atoms with Gasteiger partial charge < -0.3 is 10.0 Å². The molecule has 4 heteroatoms. The molecule has 0 atom stereocenters. The molecule has 0 aliphatic heterocycles. The van der Waals surface area contributed by atoms with Crippen molar-refractivity contribution in [1.29, 1.82) is 0 Å². The van der Waals surface area contributed by atoms with Gasteiger partial charge in [-0.3, -0.25) is 0 Å². The predicted molar refractivity (Wildman–Crippen MR) is 76.6 cm³/mol. The minimum atomic E-state index is -0.930. The summed E-state index contributed by atoms with van der Waals surface area (Å²) >= 11 is 0. The first kappa shape index (κ1) is 14.1. The molecular weight excluding hydrogens is 257 g/mol. The Morgan fingerprint density at radius 2 is 1.85 bits per heavy atom. The van der Waals surface area contributed by atoms with E-state index in [0.29, 0.717) is 6.54 Å². The summed E-state index contributed by atoms with van der Waals surface area (Å²) in [6.07, 6.45) is 0. The molecule has 0 radical (unpaired) electrons. The van der Waals surface area contributed by atoms with Crippen molar-refractivity contribution in [3.63, 3.8) is 0 Å². The van der Waals surface area contributed by atoms with E-state index in [1.54, 1.807) is 30.3 Å². The van der Waals surface area contributed by atoms with E-state index in [9.17, 15) is 9.18 Å². The molecule has 2 rings (SSSR count). The Morgan fingerprint density at radius 1 is 1.20 bits per heavy atom. The molecule has 0 unspecified atom stereocenters. The third-order valence-electron chi connectivity index (χ3n) is 3.19. The molecule has 0 spiro atoms. The van der Waals surface area contributed by atoms with Gasteiger partial charge in [0, 0.05) is 19.3 Å². The van der Waals surface area contributed by atoms with Crippen molar-refractivity contribution in [1.82, 2.24) is 0 Å². The largest absolute Gasteiger partial charge is 0.478 e. The Hall–Kier alpha value is -2.36. The van der Waals surface area contributed by atoms with Crippen LogP contribution in [0.25, 0.3) is 0 Å². The summed E-state index contributed by atoms with van der Waals surface area (Å²) in [7, 11) is 1.92. The molecule has 0 saturated heterocycles. The Bertz CT molecular complexity index is 623. The van der Waals surface area contributed by atoms with Crippen LogP contribution < -0.4 is 4.90 Å². The van der Waals surface area contributed by atoms with Gasteiger partial charge in [0.15, 0.2) is 0 Å². The lowest BCUT2D eigenvalue weighted by atomic mass is 10.1. The van der Waals surface area contributed by atoms with Crippen molar-refractivity contribution < 1.29 is 14.3 Å². The van der Waals surface area contributed by atoms with Crippen LogP contribution in [-0.2, 0) is 6.54 Å². The zero-order valence-corrected chi connectivity index (χ0v) is 11.4. The monoisotopic (exact) mass is 273 g/mol. The molecule has 1 N–H and O–H groups in total. The van der Waals surface area contributed by atoms with E-state index in [1.165, 1.54) is 12.1 Å². The average Bonchev–Trinajstić information content (AvgIpc) is 2.41. The first-order valence-corrected chi connectivity index (χ1v) is 6.27. The molecule has 0 amide bonds. The van der Waals surface area contributed by atoms with Gasteiger partial charge in [0.1, 0.15) is 5.82 Å². The Kier molecular flexibility index (Phi) is 4.03. The van der Waals surface area contributed by atoms with Crippen molar-refractivity contribution in [2.24, 2.45) is 0 Å². The van der Waals surface area contributed by atoms with Gasteiger partial charge in [-0.25, -0.2) is 9.18 Å². The second-order valence-electron chi connectivity index (χ2n) is 4.79. The minimum Gasteiger partial charge on any atom is -0.478 e. The second-order valence-corrected chi connectivity index (χ2v) is 4.79. The number of benzene rings is 2. The number of carbonyl (C=O) groups is 1. The second kappa shape index (κ2) is 5.74. The molecule has 0 aliphatic carbocycles. The summed E-state index contributed by atoms with van der Waals surface area (Å²) in [5.74, 6) is -1.18. The number of hydrogen-bond acceptors (Lipinski definition) is 2. The number of nitrogens with zero attached hydrogens (tertiary/aromatic N) is 1. The molecule has 2 aromatic rings. The van der Waals surface area contributed by atoms with Gasteiger partial charge in [-0.2, -0.15) is 0 Å². The maximum atomic E-state index is 12.9. The number of hydrogen-bond donors (Lipinski definition) is 1. The standard InChI is InChI=1S/C16H16FNO2/c1-11-9-13(16(19)20)5-8-15(11)18(2)10-12-3-6-14(17)7-4-12/h3-9H,10H2,1-2H3,(H,19,20). The van der Waals surface area contributed by atoms with E-state index in [0.717, 1.165) is 16.8 Å². The van der Waals surface area contributed by atoms with Gasteiger partial charge in [0.25, 0.3) is 0 Å². The van der Waals surface area contributed by atoms with E-state index in [-0.39, 0.29) is 11.4 Å². The highest BCUT2D eigenvalue weighted by Gasteiger charge is 2.09. The molecule has 0 saturated carbocycles. The molecular formula is C16H16FNO2. The smallest absolute Gasteiger partial charge is 0.335 e. The topological polar surface area (TPSA) is 40.5 Å². The fourth-order valence-electron chi connectivity index (χ4n) is 2.17.